The molecule has 0 aliphatic heterocycles. The zero-order chi connectivity index (χ0) is 12.7. The van der Waals surface area contributed by atoms with Crippen molar-refractivity contribution in [2.45, 2.75) is 18.7 Å². The zero-order valence-corrected chi connectivity index (χ0v) is 11.7. The van der Waals surface area contributed by atoms with Crippen molar-refractivity contribution in [3.8, 4) is 5.75 Å². The smallest absolute Gasteiger partial charge is 0.122 e. The van der Waals surface area contributed by atoms with Gasteiger partial charge in [0, 0.05) is 28.9 Å². The lowest BCUT2D eigenvalue weighted by Crippen LogP contribution is -2.25. The number of ether oxygens (including phenoxy) is 1. The summed E-state index contributed by atoms with van der Waals surface area (Å²) in [5, 5.41) is 0. The Labute approximate surface area is 108 Å². The molecule has 0 spiro atoms. The summed E-state index contributed by atoms with van der Waals surface area (Å²) < 4.78 is 5.20. The molecule has 96 valence electrons. The Morgan fingerprint density at radius 2 is 1.94 bits per heavy atom. The number of hydrogen-bond acceptors (Lipinski definition) is 4. The van der Waals surface area contributed by atoms with Crippen molar-refractivity contribution < 1.29 is 4.74 Å². The van der Waals surface area contributed by atoms with E-state index in [0.717, 1.165) is 36.8 Å². The van der Waals surface area contributed by atoms with E-state index in [1.807, 2.05) is 30.0 Å². The number of nitrogens with two attached hydrogens (primary N) is 1. The summed E-state index contributed by atoms with van der Waals surface area (Å²) in [6.45, 7) is 7.71. The molecule has 0 bridgehead atoms. The molecule has 0 unspecified atom stereocenters. The molecule has 0 aromatic heterocycles. The molecule has 1 rings (SSSR count). The van der Waals surface area contributed by atoms with Crippen LogP contribution in [0.5, 0.6) is 5.75 Å². The van der Waals surface area contributed by atoms with Crippen LogP contribution in [0.1, 0.15) is 13.8 Å². The number of nitrogens with zero attached hydrogens (tertiary/aromatic N) is 1. The quantitative estimate of drug-likeness (QED) is 0.600. The number of thioether (sulfide) groups is 1. The third-order valence-corrected chi connectivity index (χ3v) is 3.66. The van der Waals surface area contributed by atoms with Crippen LogP contribution in [0.3, 0.4) is 0 Å². The van der Waals surface area contributed by atoms with Crippen molar-refractivity contribution in [1.29, 1.82) is 0 Å². The second kappa shape index (κ2) is 7.45. The maximum absolute atomic E-state index is 5.82. The molecule has 3 nitrogen and oxygen atoms in total. The van der Waals surface area contributed by atoms with Gasteiger partial charge in [0.25, 0.3) is 0 Å². The third-order valence-electron chi connectivity index (χ3n) is 2.71. The largest absolute Gasteiger partial charge is 0.497 e. The average Bonchev–Trinajstić information content (AvgIpc) is 2.34. The predicted octanol–water partition coefficient (Wildman–Crippen LogP) is 2.71. The lowest BCUT2D eigenvalue weighted by molar-refractivity contribution is 0.324. The Balaban J connectivity index is 2.48. The van der Waals surface area contributed by atoms with Gasteiger partial charge in [-0.05, 0) is 25.2 Å². The highest BCUT2D eigenvalue weighted by molar-refractivity contribution is 7.99. The van der Waals surface area contributed by atoms with Gasteiger partial charge in [0.1, 0.15) is 5.75 Å². The van der Waals surface area contributed by atoms with Crippen molar-refractivity contribution in [2.24, 2.45) is 0 Å². The Morgan fingerprint density at radius 1 is 1.24 bits per heavy atom. The molecule has 0 aliphatic rings. The normalized spacial score (nSPS) is 10.8. The van der Waals surface area contributed by atoms with Gasteiger partial charge in [-0.25, -0.2) is 0 Å². The molecule has 4 heteroatoms. The number of nitrogen functional groups attached to an aromatic ring is 1. The van der Waals surface area contributed by atoms with Gasteiger partial charge in [-0.15, -0.1) is 11.8 Å². The van der Waals surface area contributed by atoms with Gasteiger partial charge < -0.3 is 15.4 Å². The van der Waals surface area contributed by atoms with Crippen molar-refractivity contribution in [2.75, 3.05) is 38.2 Å². The summed E-state index contributed by atoms with van der Waals surface area (Å²) in [6.07, 6.45) is 0. The van der Waals surface area contributed by atoms with Crippen LogP contribution in [0.2, 0.25) is 0 Å². The van der Waals surface area contributed by atoms with Gasteiger partial charge in [0.05, 0.1) is 7.11 Å². The monoisotopic (exact) mass is 254 g/mol. The second-order valence-corrected chi connectivity index (χ2v) is 4.99. The first-order chi connectivity index (χ1) is 8.19. The van der Waals surface area contributed by atoms with E-state index in [0.29, 0.717) is 0 Å². The van der Waals surface area contributed by atoms with Crippen LogP contribution in [-0.2, 0) is 0 Å². The number of anilines is 1. The van der Waals surface area contributed by atoms with Gasteiger partial charge in [-0.2, -0.15) is 0 Å². The van der Waals surface area contributed by atoms with Crippen LogP contribution < -0.4 is 10.5 Å². The molecule has 0 atom stereocenters. The highest BCUT2D eigenvalue weighted by atomic mass is 32.2. The molecule has 2 N–H and O–H groups in total. The lowest BCUT2D eigenvalue weighted by atomic mass is 10.3. The van der Waals surface area contributed by atoms with E-state index in [1.54, 1.807) is 7.11 Å². The standard InChI is InChI=1S/C13H22N2OS/c1-4-15(5-2)6-7-17-13-9-11(14)8-12(10-13)16-3/h8-10H,4-7,14H2,1-3H3. The van der Waals surface area contributed by atoms with Crippen LogP contribution in [0.15, 0.2) is 23.1 Å². The van der Waals surface area contributed by atoms with Gasteiger partial charge in [-0.3, -0.25) is 0 Å². The first kappa shape index (κ1) is 14.2. The van der Waals surface area contributed by atoms with Gasteiger partial charge in [0.2, 0.25) is 0 Å². The fourth-order valence-electron chi connectivity index (χ4n) is 1.63. The first-order valence-electron chi connectivity index (χ1n) is 5.99. The Hall–Kier alpha value is -0.870. The SMILES string of the molecule is CCN(CC)CCSc1cc(N)cc(OC)c1. The molecule has 1 aromatic rings. The highest BCUT2D eigenvalue weighted by Gasteiger charge is 2.02. The Kier molecular flexibility index (Phi) is 6.22. The molecule has 0 saturated heterocycles. The summed E-state index contributed by atoms with van der Waals surface area (Å²) in [7, 11) is 1.67. The number of hydrogen-bond donors (Lipinski definition) is 1. The van der Waals surface area contributed by atoms with Gasteiger partial charge >= 0.3 is 0 Å². The predicted molar refractivity (Wildman–Crippen MR) is 75.9 cm³/mol. The molecule has 0 aliphatic carbocycles. The minimum absolute atomic E-state index is 0.759. The fraction of sp³-hybridized carbons (Fsp3) is 0.538. The van der Waals surface area contributed by atoms with E-state index >= 15 is 0 Å². The van der Waals surface area contributed by atoms with E-state index < -0.39 is 0 Å². The fourth-order valence-corrected chi connectivity index (χ4v) is 2.63. The van der Waals surface area contributed by atoms with E-state index in [-0.39, 0.29) is 0 Å². The van der Waals surface area contributed by atoms with E-state index in [1.165, 1.54) is 4.90 Å². The molecule has 0 fully saturated rings. The maximum atomic E-state index is 5.82. The van der Waals surface area contributed by atoms with Crippen LogP contribution in [0, 0.1) is 0 Å². The highest BCUT2D eigenvalue weighted by Crippen LogP contribution is 2.26. The van der Waals surface area contributed by atoms with Crippen LogP contribution in [0.25, 0.3) is 0 Å². The molecular weight excluding hydrogens is 232 g/mol. The summed E-state index contributed by atoms with van der Waals surface area (Å²) in [5.41, 5.74) is 6.57. The molecule has 1 aromatic carbocycles. The topological polar surface area (TPSA) is 38.5 Å². The molecule has 0 amide bonds. The van der Waals surface area contributed by atoms with Gasteiger partial charge in [-0.1, -0.05) is 13.8 Å². The molecule has 0 saturated carbocycles. The number of rotatable bonds is 7. The van der Waals surface area contributed by atoms with Crippen molar-refractivity contribution >= 4 is 17.4 Å². The van der Waals surface area contributed by atoms with Crippen molar-refractivity contribution in [3.63, 3.8) is 0 Å². The van der Waals surface area contributed by atoms with Crippen LogP contribution >= 0.6 is 11.8 Å². The Morgan fingerprint density at radius 3 is 2.53 bits per heavy atom. The van der Waals surface area contributed by atoms with E-state index in [2.05, 4.69) is 18.7 Å². The lowest BCUT2D eigenvalue weighted by Gasteiger charge is -2.17. The van der Waals surface area contributed by atoms with Crippen LogP contribution in [0.4, 0.5) is 5.69 Å². The number of methoxy groups -OCH3 is 1. The first-order valence-corrected chi connectivity index (χ1v) is 6.97. The molecular formula is C13H22N2OS. The molecule has 17 heavy (non-hydrogen) atoms. The minimum Gasteiger partial charge on any atom is -0.497 e. The van der Waals surface area contributed by atoms with Gasteiger partial charge in [0.15, 0.2) is 0 Å². The van der Waals surface area contributed by atoms with E-state index in [4.69, 9.17) is 10.5 Å². The second-order valence-electron chi connectivity index (χ2n) is 3.82. The average molecular weight is 254 g/mol. The summed E-state index contributed by atoms with van der Waals surface area (Å²) in [6, 6.07) is 5.87. The van der Waals surface area contributed by atoms with Crippen molar-refractivity contribution in [3.05, 3.63) is 18.2 Å². The summed E-state index contributed by atoms with van der Waals surface area (Å²) >= 11 is 1.82. The minimum atomic E-state index is 0.759. The zero-order valence-electron chi connectivity index (χ0n) is 10.9. The molecule has 0 heterocycles. The number of benzene rings is 1. The van der Waals surface area contributed by atoms with Crippen molar-refractivity contribution in [1.82, 2.24) is 4.90 Å². The van der Waals surface area contributed by atoms with Crippen LogP contribution in [-0.4, -0.2) is 37.4 Å². The molecule has 0 radical (unpaired) electrons. The Bertz CT molecular complexity index is 340. The summed E-state index contributed by atoms with van der Waals surface area (Å²) in [4.78, 5) is 3.59. The van der Waals surface area contributed by atoms with E-state index in [9.17, 15) is 0 Å². The summed E-state index contributed by atoms with van der Waals surface area (Å²) in [5.74, 6) is 1.91. The maximum Gasteiger partial charge on any atom is 0.122 e. The third kappa shape index (κ3) is 4.88.